The molecule has 1 aromatic rings. The molecule has 0 bridgehead atoms. The van der Waals surface area contributed by atoms with E-state index in [1.165, 1.54) is 6.08 Å². The number of allylic oxidation sites excluding steroid dienone is 1. The van der Waals surface area contributed by atoms with Gasteiger partial charge in [0, 0.05) is 18.7 Å². The molecule has 5 N–H and O–H groups in total. The summed E-state index contributed by atoms with van der Waals surface area (Å²) in [6, 6.07) is 5.97. The highest BCUT2D eigenvalue weighted by molar-refractivity contribution is 5.96. The Labute approximate surface area is 195 Å². The van der Waals surface area contributed by atoms with E-state index in [9.17, 15) is 19.2 Å². The van der Waals surface area contributed by atoms with E-state index in [-0.39, 0.29) is 37.3 Å². The minimum Gasteiger partial charge on any atom is -0.392 e. The van der Waals surface area contributed by atoms with Crippen LogP contribution in [-0.2, 0) is 25.8 Å². The van der Waals surface area contributed by atoms with Crippen molar-refractivity contribution in [3.8, 4) is 0 Å². The number of carbonyl (C=O) groups excluding carboxylic acids is 4. The number of unbranched alkanes of at least 4 members (excludes halogenated alkanes) is 2. The minimum atomic E-state index is -0.741. The average molecular weight is 461 g/mol. The highest BCUT2D eigenvalue weighted by atomic mass is 16.3. The van der Waals surface area contributed by atoms with Crippen molar-refractivity contribution in [2.24, 2.45) is 5.92 Å². The van der Waals surface area contributed by atoms with Gasteiger partial charge in [-0.1, -0.05) is 38.5 Å². The minimum absolute atomic E-state index is 0.0817. The molecule has 0 radical (unpaired) electrons. The molecule has 33 heavy (non-hydrogen) atoms. The van der Waals surface area contributed by atoms with Gasteiger partial charge in [0.2, 0.25) is 23.6 Å². The number of aliphatic hydroxyl groups excluding tert-OH is 1. The van der Waals surface area contributed by atoms with E-state index >= 15 is 0 Å². The Bertz CT molecular complexity index is 806. The van der Waals surface area contributed by atoms with Gasteiger partial charge in [0.1, 0.15) is 6.04 Å². The van der Waals surface area contributed by atoms with Crippen molar-refractivity contribution in [2.75, 3.05) is 18.4 Å². The van der Waals surface area contributed by atoms with Crippen molar-refractivity contribution in [3.63, 3.8) is 0 Å². The predicted molar refractivity (Wildman–Crippen MR) is 127 cm³/mol. The summed E-state index contributed by atoms with van der Waals surface area (Å²) < 4.78 is 0. The van der Waals surface area contributed by atoms with Crippen molar-refractivity contribution in [2.45, 2.75) is 59.1 Å². The molecule has 0 spiro atoms. The topological polar surface area (TPSA) is 137 Å². The van der Waals surface area contributed by atoms with Crippen molar-refractivity contribution in [1.82, 2.24) is 16.0 Å². The fourth-order valence-electron chi connectivity index (χ4n) is 2.97. The maximum Gasteiger partial charge on any atom is 0.243 e. The maximum absolute atomic E-state index is 12.5. The molecule has 0 aromatic heterocycles. The zero-order chi connectivity index (χ0) is 24.6. The van der Waals surface area contributed by atoms with Crippen LogP contribution in [0.4, 0.5) is 5.69 Å². The summed E-state index contributed by atoms with van der Waals surface area (Å²) >= 11 is 0. The number of benzene rings is 1. The van der Waals surface area contributed by atoms with Gasteiger partial charge in [-0.25, -0.2) is 0 Å². The lowest BCUT2D eigenvalue weighted by atomic mass is 10.0. The Balaban J connectivity index is 2.35. The summed E-state index contributed by atoms with van der Waals surface area (Å²) in [6.07, 6.45) is 5.61. The average Bonchev–Trinajstić information content (AvgIpc) is 2.78. The van der Waals surface area contributed by atoms with Crippen molar-refractivity contribution in [3.05, 3.63) is 42.0 Å². The Kier molecular flexibility index (Phi) is 13.1. The smallest absolute Gasteiger partial charge is 0.243 e. The van der Waals surface area contributed by atoms with Gasteiger partial charge in [0.05, 0.1) is 13.2 Å². The van der Waals surface area contributed by atoms with Crippen LogP contribution in [0.5, 0.6) is 0 Å². The molecule has 0 aliphatic rings. The number of aliphatic hydroxyl groups is 1. The van der Waals surface area contributed by atoms with E-state index < -0.39 is 17.9 Å². The fraction of sp³-hybridized carbons (Fsp3) is 0.500. The number of carbonyl (C=O) groups is 4. The Morgan fingerprint density at radius 2 is 1.67 bits per heavy atom. The molecule has 1 atom stereocenters. The first-order chi connectivity index (χ1) is 15.8. The van der Waals surface area contributed by atoms with Gasteiger partial charge in [-0.15, -0.1) is 0 Å². The first-order valence-corrected chi connectivity index (χ1v) is 11.2. The monoisotopic (exact) mass is 460 g/mol. The zero-order valence-corrected chi connectivity index (χ0v) is 19.6. The molecule has 0 saturated carbocycles. The first kappa shape index (κ1) is 27.8. The molecule has 182 valence electrons. The third kappa shape index (κ3) is 11.8. The molecule has 0 aliphatic carbocycles. The van der Waals surface area contributed by atoms with Crippen LogP contribution in [0.3, 0.4) is 0 Å². The number of anilines is 1. The van der Waals surface area contributed by atoms with Gasteiger partial charge in [0.25, 0.3) is 0 Å². The van der Waals surface area contributed by atoms with Crippen LogP contribution in [0.25, 0.3) is 0 Å². The Hall–Kier alpha value is -3.20. The van der Waals surface area contributed by atoms with Crippen LogP contribution in [0.2, 0.25) is 0 Å². The van der Waals surface area contributed by atoms with E-state index in [2.05, 4.69) is 21.3 Å². The highest BCUT2D eigenvalue weighted by Crippen LogP contribution is 2.09. The second-order valence-corrected chi connectivity index (χ2v) is 8.01. The van der Waals surface area contributed by atoms with Crippen molar-refractivity contribution < 1.29 is 24.3 Å². The van der Waals surface area contributed by atoms with Crippen LogP contribution >= 0.6 is 0 Å². The number of nitrogens with one attached hydrogen (secondary N) is 4. The lowest BCUT2D eigenvalue weighted by Gasteiger charge is -2.21. The summed E-state index contributed by atoms with van der Waals surface area (Å²) in [5.41, 5.74) is 1.29. The molecule has 9 nitrogen and oxygen atoms in total. The molecule has 1 aromatic carbocycles. The van der Waals surface area contributed by atoms with Crippen LogP contribution in [0, 0.1) is 5.92 Å². The third-order valence-corrected chi connectivity index (χ3v) is 4.81. The van der Waals surface area contributed by atoms with Gasteiger partial charge in [-0.05, 0) is 49.5 Å². The number of hydrogen-bond acceptors (Lipinski definition) is 5. The van der Waals surface area contributed by atoms with Gasteiger partial charge in [-0.2, -0.15) is 0 Å². The summed E-state index contributed by atoms with van der Waals surface area (Å²) in [4.78, 5) is 48.2. The second kappa shape index (κ2) is 15.6. The molecule has 0 unspecified atom stereocenters. The van der Waals surface area contributed by atoms with Crippen LogP contribution in [0.15, 0.2) is 36.4 Å². The second-order valence-electron chi connectivity index (χ2n) is 8.01. The predicted octanol–water partition coefficient (Wildman–Crippen LogP) is 1.63. The molecule has 1 rings (SSSR count). The van der Waals surface area contributed by atoms with Crippen LogP contribution in [0.1, 0.15) is 52.0 Å². The van der Waals surface area contributed by atoms with Gasteiger partial charge in [0.15, 0.2) is 0 Å². The lowest BCUT2D eigenvalue weighted by molar-refractivity contribution is -0.130. The lowest BCUT2D eigenvalue weighted by Crippen LogP contribution is -2.51. The summed E-state index contributed by atoms with van der Waals surface area (Å²) in [5.74, 6) is -1.32. The fourth-order valence-corrected chi connectivity index (χ4v) is 2.97. The summed E-state index contributed by atoms with van der Waals surface area (Å²) in [6.45, 7) is 5.66. The van der Waals surface area contributed by atoms with Crippen molar-refractivity contribution >= 4 is 29.3 Å². The molecular formula is C24H36N4O5. The largest absolute Gasteiger partial charge is 0.392 e. The molecule has 0 heterocycles. The Morgan fingerprint density at radius 3 is 2.27 bits per heavy atom. The maximum atomic E-state index is 12.5. The van der Waals surface area contributed by atoms with Gasteiger partial charge >= 0.3 is 0 Å². The summed E-state index contributed by atoms with van der Waals surface area (Å²) in [7, 11) is 0. The standard InChI is InChI=1S/C24H36N4O5/c1-4-8-20(30)25-14-7-5-6-9-21(31)28-23(17(2)3)24(33)26-15-22(32)27-19-12-10-18(16-29)11-13-19/h4,8,10-13,17,23,29H,5-7,9,14-16H2,1-3H3,(H,25,30)(H,26,33)(H,27,32)(H,28,31)/b8-4-/t23-/m0/s1. The molecule has 4 amide bonds. The highest BCUT2D eigenvalue weighted by Gasteiger charge is 2.24. The van der Waals surface area contributed by atoms with Crippen molar-refractivity contribution in [1.29, 1.82) is 0 Å². The SMILES string of the molecule is C/C=C\C(=O)NCCCCCC(=O)N[C@H](C(=O)NCC(=O)Nc1ccc(CO)cc1)C(C)C. The molecule has 0 aliphatic heterocycles. The molecule has 9 heteroatoms. The summed E-state index contributed by atoms with van der Waals surface area (Å²) in [5, 5.41) is 19.8. The van der Waals surface area contributed by atoms with Crippen LogP contribution < -0.4 is 21.3 Å². The van der Waals surface area contributed by atoms with Gasteiger partial charge < -0.3 is 26.4 Å². The van der Waals surface area contributed by atoms with E-state index in [0.29, 0.717) is 18.7 Å². The van der Waals surface area contributed by atoms with E-state index in [1.54, 1.807) is 37.3 Å². The number of hydrogen-bond donors (Lipinski definition) is 5. The number of amides is 4. The quantitative estimate of drug-likeness (QED) is 0.212. The first-order valence-electron chi connectivity index (χ1n) is 11.2. The van der Waals surface area contributed by atoms with Gasteiger partial charge in [-0.3, -0.25) is 19.2 Å². The zero-order valence-electron chi connectivity index (χ0n) is 19.6. The number of rotatable bonds is 14. The molecule has 0 fully saturated rings. The van der Waals surface area contributed by atoms with E-state index in [0.717, 1.165) is 18.4 Å². The molecule has 0 saturated heterocycles. The van der Waals surface area contributed by atoms with E-state index in [4.69, 9.17) is 5.11 Å². The Morgan fingerprint density at radius 1 is 0.970 bits per heavy atom. The van der Waals surface area contributed by atoms with Crippen LogP contribution in [-0.4, -0.2) is 47.9 Å². The molecular weight excluding hydrogens is 424 g/mol. The third-order valence-electron chi connectivity index (χ3n) is 4.81. The van der Waals surface area contributed by atoms with E-state index in [1.807, 2.05) is 13.8 Å². The normalized spacial score (nSPS) is 11.8.